The molecule has 8 nitrogen and oxygen atoms in total. The number of nitrogen functional groups attached to an aromatic ring is 1. The van der Waals surface area contributed by atoms with E-state index in [4.69, 9.17) is 37.8 Å². The van der Waals surface area contributed by atoms with Crippen LogP contribution in [-0.4, -0.2) is 40.6 Å². The van der Waals surface area contributed by atoms with Gasteiger partial charge in [0, 0.05) is 30.2 Å². The Labute approximate surface area is 219 Å². The first kappa shape index (κ1) is 24.8. The third kappa shape index (κ3) is 4.40. The fourth-order valence-corrected chi connectivity index (χ4v) is 6.33. The molecule has 0 unspecified atom stereocenters. The Bertz CT molecular complexity index is 1310. The minimum atomic E-state index is -0.493. The number of piperidine rings is 1. The minimum absolute atomic E-state index is 0.0181. The smallest absolute Gasteiger partial charge is 0.360 e. The van der Waals surface area contributed by atoms with E-state index in [0.717, 1.165) is 32.4 Å². The van der Waals surface area contributed by atoms with Crippen LogP contribution in [0.25, 0.3) is 0 Å². The minimum Gasteiger partial charge on any atom is -0.461 e. The van der Waals surface area contributed by atoms with E-state index in [2.05, 4.69) is 34.1 Å². The maximum absolute atomic E-state index is 13.0. The van der Waals surface area contributed by atoms with Gasteiger partial charge in [-0.3, -0.25) is 0 Å². The van der Waals surface area contributed by atoms with Crippen molar-refractivity contribution in [2.45, 2.75) is 49.1 Å². The molecule has 36 heavy (non-hydrogen) atoms. The van der Waals surface area contributed by atoms with Crippen LogP contribution in [0.1, 0.15) is 53.1 Å². The molecule has 1 aromatic carbocycles. The predicted molar refractivity (Wildman–Crippen MR) is 141 cm³/mol. The van der Waals surface area contributed by atoms with Crippen LogP contribution in [0.15, 0.2) is 46.5 Å². The Balaban J connectivity index is 1.43. The lowest BCUT2D eigenvalue weighted by Gasteiger charge is -2.42. The molecule has 3 heterocycles. The van der Waals surface area contributed by atoms with E-state index in [0.29, 0.717) is 26.5 Å². The maximum Gasteiger partial charge on any atom is 0.360 e. The summed E-state index contributed by atoms with van der Waals surface area (Å²) in [5.41, 5.74) is 16.1. The second-order valence-electron chi connectivity index (χ2n) is 9.32. The number of nitrogens with zero attached hydrogens (tertiary/aromatic N) is 4. The van der Waals surface area contributed by atoms with Crippen LogP contribution in [-0.2, 0) is 11.2 Å². The van der Waals surface area contributed by atoms with Crippen LogP contribution < -0.4 is 16.4 Å². The molecule has 5 rings (SSSR count). The van der Waals surface area contributed by atoms with Crippen molar-refractivity contribution in [2.75, 3.05) is 30.3 Å². The fourth-order valence-electron chi connectivity index (χ4n) is 5.24. The highest BCUT2D eigenvalue weighted by Crippen LogP contribution is 2.51. The van der Waals surface area contributed by atoms with Crippen LogP contribution in [0, 0.1) is 12.3 Å². The second-order valence-corrected chi connectivity index (χ2v) is 10.7. The zero-order valence-electron chi connectivity index (χ0n) is 20.3. The number of esters is 1. The van der Waals surface area contributed by atoms with Crippen LogP contribution in [0.5, 0.6) is 0 Å². The fraction of sp³-hybridized carbons (Fsp3) is 0.385. The van der Waals surface area contributed by atoms with Gasteiger partial charge in [0.2, 0.25) is 0 Å². The van der Waals surface area contributed by atoms with Crippen molar-refractivity contribution in [2.24, 2.45) is 11.1 Å². The first-order valence-electron chi connectivity index (χ1n) is 12.0. The number of pyridine rings is 1. The number of nitrogens with two attached hydrogens (primary N) is 2. The molecule has 1 spiro atoms. The van der Waals surface area contributed by atoms with Crippen molar-refractivity contribution in [1.82, 2.24) is 15.0 Å². The summed E-state index contributed by atoms with van der Waals surface area (Å²) in [6, 6.07) is 10.2. The molecule has 1 fully saturated rings. The molecule has 0 bridgehead atoms. The second kappa shape index (κ2) is 9.88. The largest absolute Gasteiger partial charge is 0.461 e. The SMILES string of the molecule is CCOC(=O)c1nc(Sc2ccnc(N)c2Cl)c(C)nc1N1CCC2(CC1)Cc1ccccc1[C@H]2N. The number of hydrogen-bond acceptors (Lipinski definition) is 9. The monoisotopic (exact) mass is 524 g/mol. The molecule has 3 aromatic rings. The van der Waals surface area contributed by atoms with Crippen molar-refractivity contribution in [3.05, 3.63) is 64.1 Å². The number of ether oxygens (including phenoxy) is 1. The van der Waals surface area contributed by atoms with E-state index in [-0.39, 0.29) is 29.6 Å². The Morgan fingerprint density at radius 1 is 1.25 bits per heavy atom. The van der Waals surface area contributed by atoms with Gasteiger partial charge < -0.3 is 21.1 Å². The van der Waals surface area contributed by atoms with Gasteiger partial charge in [-0.25, -0.2) is 19.7 Å². The topological polar surface area (TPSA) is 120 Å². The zero-order chi connectivity index (χ0) is 25.4. The third-order valence-corrected chi connectivity index (χ3v) is 8.87. The maximum atomic E-state index is 13.0. The molecule has 10 heteroatoms. The lowest BCUT2D eigenvalue weighted by molar-refractivity contribution is 0.0518. The van der Waals surface area contributed by atoms with Crippen molar-refractivity contribution in [3.8, 4) is 0 Å². The molecule has 0 saturated carbocycles. The van der Waals surface area contributed by atoms with Gasteiger partial charge in [0.05, 0.1) is 17.3 Å². The summed E-state index contributed by atoms with van der Waals surface area (Å²) in [6.45, 7) is 5.38. The highest BCUT2D eigenvalue weighted by atomic mass is 35.5. The summed E-state index contributed by atoms with van der Waals surface area (Å²) in [4.78, 5) is 29.3. The summed E-state index contributed by atoms with van der Waals surface area (Å²) in [6.07, 6.45) is 4.39. The first-order chi connectivity index (χ1) is 17.3. The van der Waals surface area contributed by atoms with Crippen molar-refractivity contribution in [3.63, 3.8) is 0 Å². The molecule has 2 aliphatic rings. The van der Waals surface area contributed by atoms with Crippen molar-refractivity contribution in [1.29, 1.82) is 0 Å². The normalized spacial score (nSPS) is 18.3. The quantitative estimate of drug-likeness (QED) is 0.461. The van der Waals surface area contributed by atoms with Gasteiger partial charge in [0.25, 0.3) is 0 Å². The van der Waals surface area contributed by atoms with Gasteiger partial charge >= 0.3 is 5.97 Å². The number of hydrogen-bond donors (Lipinski definition) is 2. The highest BCUT2D eigenvalue weighted by Gasteiger charge is 2.46. The van der Waals surface area contributed by atoms with Crippen LogP contribution in [0.2, 0.25) is 5.02 Å². The highest BCUT2D eigenvalue weighted by molar-refractivity contribution is 7.99. The number of fused-ring (bicyclic) bond motifs is 1. The van der Waals surface area contributed by atoms with E-state index < -0.39 is 5.97 Å². The summed E-state index contributed by atoms with van der Waals surface area (Å²) in [5, 5.41) is 0.914. The Kier molecular flexibility index (Phi) is 6.80. The van der Waals surface area contributed by atoms with Crippen molar-refractivity contribution < 1.29 is 9.53 Å². The Hall–Kier alpha value is -2.88. The van der Waals surface area contributed by atoms with E-state index in [1.165, 1.54) is 22.9 Å². The number of halogens is 1. The molecular formula is C26H29ClN6O2S. The molecular weight excluding hydrogens is 496 g/mol. The Morgan fingerprint density at radius 2 is 2.00 bits per heavy atom. The number of carbonyl (C=O) groups is 1. The molecule has 1 saturated heterocycles. The van der Waals surface area contributed by atoms with Gasteiger partial charge in [-0.05, 0) is 55.7 Å². The molecule has 0 radical (unpaired) electrons. The standard InChI is InChI=1S/C26H29ClN6O2S/c1-3-35-25(34)20-23(31-15(2)24(32-20)36-18-8-11-30-22(29)19(18)27)33-12-9-26(10-13-33)14-16-6-4-5-7-17(16)21(26)28/h4-8,11,21H,3,9-10,12-14,28H2,1-2H3,(H2,29,30)/t21-/m1/s1. The summed E-state index contributed by atoms with van der Waals surface area (Å²) in [5.74, 6) is 0.297. The molecule has 1 atom stereocenters. The van der Waals surface area contributed by atoms with E-state index >= 15 is 0 Å². The van der Waals surface area contributed by atoms with E-state index in [1.54, 1.807) is 19.2 Å². The van der Waals surface area contributed by atoms with Crippen molar-refractivity contribution >= 4 is 41.0 Å². The molecule has 1 aliphatic heterocycles. The summed E-state index contributed by atoms with van der Waals surface area (Å²) in [7, 11) is 0. The lowest BCUT2D eigenvalue weighted by Crippen LogP contribution is -2.45. The van der Waals surface area contributed by atoms with Crippen LogP contribution in [0.4, 0.5) is 11.6 Å². The number of carbonyl (C=O) groups excluding carboxylic acids is 1. The number of aryl methyl sites for hydroxylation is 1. The number of anilines is 2. The molecule has 1 aliphatic carbocycles. The molecule has 2 aromatic heterocycles. The number of rotatable bonds is 5. The third-order valence-electron chi connectivity index (χ3n) is 7.22. The average Bonchev–Trinajstić information content (AvgIpc) is 3.14. The van der Waals surface area contributed by atoms with Gasteiger partial charge in [-0.2, -0.15) is 0 Å². The predicted octanol–water partition coefficient (Wildman–Crippen LogP) is 4.59. The zero-order valence-corrected chi connectivity index (χ0v) is 21.9. The van der Waals surface area contributed by atoms with Crippen LogP contribution >= 0.6 is 23.4 Å². The number of benzene rings is 1. The number of aromatic nitrogens is 3. The molecule has 4 N–H and O–H groups in total. The van der Waals surface area contributed by atoms with Gasteiger partial charge in [0.15, 0.2) is 11.5 Å². The summed E-state index contributed by atoms with van der Waals surface area (Å²) < 4.78 is 5.35. The van der Waals surface area contributed by atoms with Crippen LogP contribution in [0.3, 0.4) is 0 Å². The molecule has 188 valence electrons. The van der Waals surface area contributed by atoms with Gasteiger partial charge in [-0.15, -0.1) is 0 Å². The lowest BCUT2D eigenvalue weighted by atomic mass is 9.73. The molecule has 0 amide bonds. The first-order valence-corrected chi connectivity index (χ1v) is 13.2. The average molecular weight is 525 g/mol. The van der Waals surface area contributed by atoms with E-state index in [1.807, 2.05) is 6.92 Å². The van der Waals surface area contributed by atoms with Gasteiger partial charge in [0.1, 0.15) is 10.8 Å². The summed E-state index contributed by atoms with van der Waals surface area (Å²) >= 11 is 7.64. The van der Waals surface area contributed by atoms with Gasteiger partial charge in [-0.1, -0.05) is 47.6 Å². The van der Waals surface area contributed by atoms with E-state index in [9.17, 15) is 4.79 Å². The Morgan fingerprint density at radius 3 is 2.72 bits per heavy atom.